The van der Waals surface area contributed by atoms with Crippen LogP contribution in [0.2, 0.25) is 0 Å². The van der Waals surface area contributed by atoms with Crippen LogP contribution in [0.1, 0.15) is 41.0 Å². The fraction of sp³-hybridized carbons (Fsp3) is 0.867. The number of ether oxygens (including phenoxy) is 4. The largest absolute Gasteiger partial charge is 0.462 e. The summed E-state index contributed by atoms with van der Waals surface area (Å²) >= 11 is 0. The van der Waals surface area contributed by atoms with Gasteiger partial charge in [-0.25, -0.2) is 0 Å². The van der Waals surface area contributed by atoms with Gasteiger partial charge in [0.2, 0.25) is 0 Å². The third-order valence-corrected chi connectivity index (χ3v) is 2.80. The maximum atomic E-state index is 11.9. The zero-order valence-electron chi connectivity index (χ0n) is 13.7. The molecule has 21 heavy (non-hydrogen) atoms. The first-order chi connectivity index (χ1) is 9.96. The van der Waals surface area contributed by atoms with E-state index in [1.54, 1.807) is 20.8 Å². The molecule has 6 nitrogen and oxygen atoms in total. The highest BCUT2D eigenvalue weighted by atomic mass is 16.6. The lowest BCUT2D eigenvalue weighted by Crippen LogP contribution is -2.31. The van der Waals surface area contributed by atoms with Crippen LogP contribution in [0.5, 0.6) is 0 Å². The molecule has 0 heterocycles. The van der Waals surface area contributed by atoms with Gasteiger partial charge >= 0.3 is 11.9 Å². The van der Waals surface area contributed by atoms with Crippen molar-refractivity contribution in [3.8, 4) is 0 Å². The molecule has 0 saturated heterocycles. The van der Waals surface area contributed by atoms with Crippen LogP contribution in [0.25, 0.3) is 0 Å². The van der Waals surface area contributed by atoms with E-state index in [4.69, 9.17) is 18.9 Å². The Morgan fingerprint density at radius 1 is 0.810 bits per heavy atom. The molecule has 124 valence electrons. The molecule has 0 aromatic rings. The number of hydrogen-bond acceptors (Lipinski definition) is 6. The van der Waals surface area contributed by atoms with Gasteiger partial charge in [-0.2, -0.15) is 0 Å². The maximum absolute atomic E-state index is 11.9. The number of esters is 2. The minimum absolute atomic E-state index is 0.131. The fourth-order valence-corrected chi connectivity index (χ4v) is 1.69. The first kappa shape index (κ1) is 19.9. The van der Waals surface area contributed by atoms with Gasteiger partial charge in [-0.05, 0) is 34.1 Å². The molecule has 0 aromatic heterocycles. The molecular weight excluding hydrogens is 276 g/mol. The number of carbonyl (C=O) groups excluding carboxylic acids is 2. The summed E-state index contributed by atoms with van der Waals surface area (Å²) in [6.45, 7) is 10.4. The van der Waals surface area contributed by atoms with Crippen LogP contribution in [0, 0.1) is 5.92 Å². The summed E-state index contributed by atoms with van der Waals surface area (Å²) in [6.07, 6.45) is -0.0418. The number of rotatable bonds is 11. The van der Waals surface area contributed by atoms with Gasteiger partial charge in [0.05, 0.1) is 12.2 Å². The smallest absolute Gasteiger partial charge is 0.320 e. The topological polar surface area (TPSA) is 71.1 Å². The molecule has 0 radical (unpaired) electrons. The molecule has 0 amide bonds. The molecule has 0 aliphatic carbocycles. The van der Waals surface area contributed by atoms with Crippen LogP contribution in [-0.2, 0) is 28.5 Å². The fourth-order valence-electron chi connectivity index (χ4n) is 1.69. The summed E-state index contributed by atoms with van der Waals surface area (Å²) in [5.41, 5.74) is 0. The summed E-state index contributed by atoms with van der Waals surface area (Å²) < 4.78 is 20.7. The van der Waals surface area contributed by atoms with E-state index in [-0.39, 0.29) is 25.4 Å². The van der Waals surface area contributed by atoms with Crippen molar-refractivity contribution in [3.05, 3.63) is 0 Å². The molecule has 0 saturated carbocycles. The third-order valence-electron chi connectivity index (χ3n) is 2.80. The molecule has 0 aliphatic heterocycles. The van der Waals surface area contributed by atoms with E-state index < -0.39 is 17.9 Å². The molecule has 2 atom stereocenters. The second kappa shape index (κ2) is 11.5. The minimum atomic E-state index is -0.896. The molecular formula is C15H28O6. The van der Waals surface area contributed by atoms with Gasteiger partial charge in [-0.1, -0.05) is 6.92 Å². The van der Waals surface area contributed by atoms with Gasteiger partial charge in [-0.3, -0.25) is 9.59 Å². The Morgan fingerprint density at radius 3 is 1.48 bits per heavy atom. The quantitative estimate of drug-likeness (QED) is 0.429. The highest BCUT2D eigenvalue weighted by Gasteiger charge is 2.28. The lowest BCUT2D eigenvalue weighted by atomic mass is 10.1. The van der Waals surface area contributed by atoms with Gasteiger partial charge < -0.3 is 18.9 Å². The zero-order chi connectivity index (χ0) is 16.3. The molecule has 0 fully saturated rings. The molecule has 0 spiro atoms. The lowest BCUT2D eigenvalue weighted by molar-refractivity contribution is -0.166. The molecule has 0 aromatic carbocycles. The molecule has 0 rings (SSSR count). The Kier molecular flexibility index (Phi) is 10.9. The summed E-state index contributed by atoms with van der Waals surface area (Å²) in [6, 6.07) is 0. The van der Waals surface area contributed by atoms with E-state index in [2.05, 4.69) is 0 Å². The van der Waals surface area contributed by atoms with E-state index in [1.165, 1.54) is 0 Å². The van der Waals surface area contributed by atoms with E-state index >= 15 is 0 Å². The summed E-state index contributed by atoms with van der Waals surface area (Å²) in [4.78, 5) is 23.8. The van der Waals surface area contributed by atoms with Crippen LogP contribution in [-0.4, -0.2) is 50.6 Å². The second-order valence-electron chi connectivity index (χ2n) is 4.75. The Balaban J connectivity index is 4.21. The maximum Gasteiger partial charge on any atom is 0.320 e. The van der Waals surface area contributed by atoms with Crippen LogP contribution in [0.15, 0.2) is 0 Å². The molecule has 2 unspecified atom stereocenters. The van der Waals surface area contributed by atoms with Crippen LogP contribution in [0.3, 0.4) is 0 Å². The predicted molar refractivity (Wildman–Crippen MR) is 77.9 cm³/mol. The first-order valence-electron chi connectivity index (χ1n) is 7.52. The van der Waals surface area contributed by atoms with Crippen molar-refractivity contribution in [2.24, 2.45) is 5.92 Å². The Labute approximate surface area is 127 Å². The summed E-state index contributed by atoms with van der Waals surface area (Å²) in [5.74, 6) is -2.04. The summed E-state index contributed by atoms with van der Waals surface area (Å²) in [5, 5.41) is 0. The van der Waals surface area contributed by atoms with Crippen LogP contribution in [0.4, 0.5) is 0 Å². The SMILES string of the molecule is CCOC(C)COC(=O)C(CC)C(=O)OCC(C)OCC. The van der Waals surface area contributed by atoms with Gasteiger partial charge in [0.15, 0.2) is 5.92 Å². The van der Waals surface area contributed by atoms with Crippen molar-refractivity contribution in [3.63, 3.8) is 0 Å². The van der Waals surface area contributed by atoms with Crippen molar-refractivity contribution >= 4 is 11.9 Å². The van der Waals surface area contributed by atoms with Gasteiger partial charge in [0.1, 0.15) is 13.2 Å². The Hall–Kier alpha value is -1.14. The van der Waals surface area contributed by atoms with Crippen molar-refractivity contribution < 1.29 is 28.5 Å². The first-order valence-corrected chi connectivity index (χ1v) is 7.52. The van der Waals surface area contributed by atoms with Gasteiger partial charge in [0, 0.05) is 13.2 Å². The van der Waals surface area contributed by atoms with Gasteiger partial charge in [0.25, 0.3) is 0 Å². The van der Waals surface area contributed by atoms with Crippen molar-refractivity contribution in [1.29, 1.82) is 0 Å². The molecule has 0 N–H and O–H groups in total. The minimum Gasteiger partial charge on any atom is -0.462 e. The second-order valence-corrected chi connectivity index (χ2v) is 4.75. The number of hydrogen-bond donors (Lipinski definition) is 0. The van der Waals surface area contributed by atoms with E-state index in [0.29, 0.717) is 19.6 Å². The summed E-state index contributed by atoms with van der Waals surface area (Å²) in [7, 11) is 0. The monoisotopic (exact) mass is 304 g/mol. The normalized spacial score (nSPS) is 15.1. The molecule has 0 bridgehead atoms. The Bertz CT molecular complexity index is 277. The third kappa shape index (κ3) is 8.67. The molecule has 6 heteroatoms. The van der Waals surface area contributed by atoms with Crippen LogP contribution >= 0.6 is 0 Å². The van der Waals surface area contributed by atoms with E-state index in [9.17, 15) is 9.59 Å². The number of carbonyl (C=O) groups is 2. The highest BCUT2D eigenvalue weighted by molar-refractivity contribution is 5.94. The van der Waals surface area contributed by atoms with Crippen molar-refractivity contribution in [2.45, 2.75) is 53.2 Å². The standard InChI is InChI=1S/C15H28O6/c1-6-13(14(16)20-9-11(4)18-7-2)15(17)21-10-12(5)19-8-3/h11-13H,6-10H2,1-5H3. The highest BCUT2D eigenvalue weighted by Crippen LogP contribution is 2.09. The van der Waals surface area contributed by atoms with E-state index in [0.717, 1.165) is 0 Å². The Morgan fingerprint density at radius 2 is 1.19 bits per heavy atom. The molecule has 0 aliphatic rings. The zero-order valence-corrected chi connectivity index (χ0v) is 13.7. The average molecular weight is 304 g/mol. The van der Waals surface area contributed by atoms with E-state index in [1.807, 2.05) is 13.8 Å². The van der Waals surface area contributed by atoms with Crippen molar-refractivity contribution in [1.82, 2.24) is 0 Å². The van der Waals surface area contributed by atoms with Crippen LogP contribution < -0.4 is 0 Å². The lowest BCUT2D eigenvalue weighted by Gasteiger charge is -2.17. The predicted octanol–water partition coefficient (Wildman–Crippen LogP) is 1.95. The van der Waals surface area contributed by atoms with Gasteiger partial charge in [-0.15, -0.1) is 0 Å². The average Bonchev–Trinajstić information content (AvgIpc) is 2.44. The van der Waals surface area contributed by atoms with Crippen molar-refractivity contribution in [2.75, 3.05) is 26.4 Å².